The number of nitrogens with one attached hydrogen (secondary N) is 1. The molecule has 1 amide bonds. The van der Waals surface area contributed by atoms with E-state index in [1.807, 2.05) is 29.2 Å². The van der Waals surface area contributed by atoms with Gasteiger partial charge in [-0.15, -0.1) is 5.10 Å². The van der Waals surface area contributed by atoms with E-state index in [0.717, 1.165) is 25.1 Å². The Morgan fingerprint density at radius 2 is 1.91 bits per heavy atom. The molecular formula is C25H27FN4O2. The van der Waals surface area contributed by atoms with Gasteiger partial charge in [0.25, 0.3) is 5.56 Å². The standard InChI is InChI=1S/C25H27FN4O2/c1-17(2)18-8-10-21(11-9-18)27-25(32)19-5-4-14-29(16-19)23-12-13-24(31)30(28-23)22-7-3-6-20(26)15-22/h3,6-13,15,17,19H,4-5,14,16H2,1-2H3,(H,27,32). The van der Waals surface area contributed by atoms with Crippen molar-refractivity contribution in [3.63, 3.8) is 0 Å². The highest BCUT2D eigenvalue weighted by Crippen LogP contribution is 2.23. The number of amides is 1. The SMILES string of the molecule is CC(C)c1ccc(NC(=O)C2CCCN(c3ccc(=O)n(-c4cccc(F)c4)n3)C2)cc1. The zero-order chi connectivity index (χ0) is 22.7. The molecule has 6 nitrogen and oxygen atoms in total. The lowest BCUT2D eigenvalue weighted by molar-refractivity contribution is -0.120. The van der Waals surface area contributed by atoms with Gasteiger partial charge in [-0.05, 0) is 60.7 Å². The fourth-order valence-electron chi connectivity index (χ4n) is 3.96. The van der Waals surface area contributed by atoms with E-state index in [0.29, 0.717) is 24.0 Å². The van der Waals surface area contributed by atoms with Crippen LogP contribution in [0.5, 0.6) is 0 Å². The molecule has 0 bridgehead atoms. The summed E-state index contributed by atoms with van der Waals surface area (Å²) >= 11 is 0. The summed E-state index contributed by atoms with van der Waals surface area (Å²) in [4.78, 5) is 27.2. The van der Waals surface area contributed by atoms with Crippen LogP contribution >= 0.6 is 0 Å². The number of aromatic nitrogens is 2. The molecule has 1 saturated heterocycles. The maximum absolute atomic E-state index is 13.6. The molecule has 166 valence electrons. The van der Waals surface area contributed by atoms with Crippen molar-refractivity contribution < 1.29 is 9.18 Å². The maximum atomic E-state index is 13.6. The second-order valence-corrected chi connectivity index (χ2v) is 8.47. The summed E-state index contributed by atoms with van der Waals surface area (Å²) in [6.07, 6.45) is 1.63. The van der Waals surface area contributed by atoms with E-state index < -0.39 is 5.82 Å². The minimum atomic E-state index is -0.433. The average molecular weight is 435 g/mol. The monoisotopic (exact) mass is 434 g/mol. The zero-order valence-electron chi connectivity index (χ0n) is 18.3. The van der Waals surface area contributed by atoms with E-state index >= 15 is 0 Å². The van der Waals surface area contributed by atoms with E-state index in [-0.39, 0.29) is 17.4 Å². The Bertz CT molecular complexity index is 1160. The number of hydrogen-bond donors (Lipinski definition) is 1. The molecular weight excluding hydrogens is 407 g/mol. The van der Waals surface area contributed by atoms with Crippen molar-refractivity contribution in [1.29, 1.82) is 0 Å². The Kier molecular flexibility index (Phi) is 6.35. The van der Waals surface area contributed by atoms with Crippen molar-refractivity contribution in [3.8, 4) is 5.69 Å². The van der Waals surface area contributed by atoms with Crippen molar-refractivity contribution in [1.82, 2.24) is 9.78 Å². The number of anilines is 2. The topological polar surface area (TPSA) is 67.2 Å². The van der Waals surface area contributed by atoms with Gasteiger partial charge < -0.3 is 10.2 Å². The third kappa shape index (κ3) is 4.88. The minimum absolute atomic E-state index is 0.0227. The van der Waals surface area contributed by atoms with Crippen LogP contribution in [0.1, 0.15) is 38.2 Å². The van der Waals surface area contributed by atoms with E-state index in [4.69, 9.17) is 0 Å². The zero-order valence-corrected chi connectivity index (χ0v) is 18.3. The summed E-state index contributed by atoms with van der Waals surface area (Å²) in [7, 11) is 0. The van der Waals surface area contributed by atoms with Gasteiger partial charge in [0.2, 0.25) is 5.91 Å². The van der Waals surface area contributed by atoms with Gasteiger partial charge in [0.15, 0.2) is 0 Å². The molecule has 0 spiro atoms. The number of benzene rings is 2. The lowest BCUT2D eigenvalue weighted by atomic mass is 9.97. The quantitative estimate of drug-likeness (QED) is 0.648. The van der Waals surface area contributed by atoms with Crippen LogP contribution in [-0.2, 0) is 4.79 Å². The lowest BCUT2D eigenvalue weighted by Gasteiger charge is -2.33. The highest BCUT2D eigenvalue weighted by Gasteiger charge is 2.27. The molecule has 1 unspecified atom stereocenters. The Balaban J connectivity index is 1.48. The molecule has 0 radical (unpaired) electrons. The summed E-state index contributed by atoms with van der Waals surface area (Å²) in [5, 5.41) is 7.46. The molecule has 1 aliphatic rings. The molecule has 1 N–H and O–H groups in total. The average Bonchev–Trinajstić information content (AvgIpc) is 2.80. The first-order valence-corrected chi connectivity index (χ1v) is 10.9. The maximum Gasteiger partial charge on any atom is 0.271 e. The van der Waals surface area contributed by atoms with Crippen molar-refractivity contribution in [2.75, 3.05) is 23.3 Å². The van der Waals surface area contributed by atoms with Crippen LogP contribution in [0.25, 0.3) is 5.69 Å². The van der Waals surface area contributed by atoms with Gasteiger partial charge in [0.05, 0.1) is 11.6 Å². The molecule has 32 heavy (non-hydrogen) atoms. The number of piperidine rings is 1. The van der Waals surface area contributed by atoms with Gasteiger partial charge >= 0.3 is 0 Å². The van der Waals surface area contributed by atoms with Gasteiger partial charge in [0, 0.05) is 24.8 Å². The van der Waals surface area contributed by atoms with Crippen molar-refractivity contribution >= 4 is 17.4 Å². The molecule has 0 saturated carbocycles. The van der Waals surface area contributed by atoms with Crippen LogP contribution in [0.15, 0.2) is 65.5 Å². The Morgan fingerprint density at radius 3 is 2.62 bits per heavy atom. The summed E-state index contributed by atoms with van der Waals surface area (Å²) in [6, 6.07) is 16.8. The molecule has 2 heterocycles. The van der Waals surface area contributed by atoms with Crippen LogP contribution in [0.4, 0.5) is 15.9 Å². The molecule has 7 heteroatoms. The molecule has 1 fully saturated rings. The number of halogens is 1. The number of rotatable bonds is 5. The second kappa shape index (κ2) is 9.34. The van der Waals surface area contributed by atoms with Crippen LogP contribution in [0.3, 0.4) is 0 Å². The molecule has 4 rings (SSSR count). The van der Waals surface area contributed by atoms with Crippen LogP contribution in [0.2, 0.25) is 0 Å². The third-order valence-electron chi connectivity index (χ3n) is 5.80. The van der Waals surface area contributed by atoms with Gasteiger partial charge in [-0.25, -0.2) is 4.39 Å². The van der Waals surface area contributed by atoms with Gasteiger partial charge in [-0.3, -0.25) is 9.59 Å². The highest BCUT2D eigenvalue weighted by atomic mass is 19.1. The molecule has 1 atom stereocenters. The largest absolute Gasteiger partial charge is 0.354 e. The van der Waals surface area contributed by atoms with Gasteiger partial charge in [0.1, 0.15) is 11.6 Å². The fraction of sp³-hybridized carbons (Fsp3) is 0.320. The summed E-state index contributed by atoms with van der Waals surface area (Å²) in [6.45, 7) is 5.51. The summed E-state index contributed by atoms with van der Waals surface area (Å²) in [5.74, 6) is 0.385. The molecule has 3 aromatic rings. The number of carbonyl (C=O) groups is 1. The summed E-state index contributed by atoms with van der Waals surface area (Å²) < 4.78 is 14.8. The van der Waals surface area contributed by atoms with E-state index in [1.165, 1.54) is 28.4 Å². The first kappa shape index (κ1) is 21.7. The molecule has 0 aliphatic carbocycles. The van der Waals surface area contributed by atoms with Gasteiger partial charge in [-0.2, -0.15) is 4.68 Å². The Hall–Kier alpha value is -3.48. The van der Waals surface area contributed by atoms with Crippen LogP contribution < -0.4 is 15.8 Å². The van der Waals surface area contributed by atoms with Crippen LogP contribution in [0, 0.1) is 11.7 Å². The predicted molar refractivity (Wildman–Crippen MR) is 124 cm³/mol. The molecule has 1 aromatic heterocycles. The van der Waals surface area contributed by atoms with E-state index in [1.54, 1.807) is 18.2 Å². The highest BCUT2D eigenvalue weighted by molar-refractivity contribution is 5.93. The second-order valence-electron chi connectivity index (χ2n) is 8.47. The first-order chi connectivity index (χ1) is 15.4. The Labute approximate surface area is 186 Å². The van der Waals surface area contributed by atoms with Crippen LogP contribution in [-0.4, -0.2) is 28.8 Å². The van der Waals surface area contributed by atoms with Crippen molar-refractivity contribution in [2.24, 2.45) is 5.92 Å². The van der Waals surface area contributed by atoms with E-state index in [9.17, 15) is 14.0 Å². The lowest BCUT2D eigenvalue weighted by Crippen LogP contribution is -2.41. The van der Waals surface area contributed by atoms with Gasteiger partial charge in [-0.1, -0.05) is 32.0 Å². The van der Waals surface area contributed by atoms with E-state index in [2.05, 4.69) is 24.3 Å². The summed E-state index contributed by atoms with van der Waals surface area (Å²) in [5.41, 5.74) is 2.05. The third-order valence-corrected chi connectivity index (χ3v) is 5.80. The minimum Gasteiger partial charge on any atom is -0.354 e. The van der Waals surface area contributed by atoms with Crippen molar-refractivity contribution in [3.05, 3.63) is 82.4 Å². The van der Waals surface area contributed by atoms with Crippen molar-refractivity contribution in [2.45, 2.75) is 32.6 Å². The number of carbonyl (C=O) groups excluding carboxylic acids is 1. The Morgan fingerprint density at radius 1 is 1.12 bits per heavy atom. The number of nitrogens with zero attached hydrogens (tertiary/aromatic N) is 3. The predicted octanol–water partition coefficient (Wildman–Crippen LogP) is 4.35. The number of hydrogen-bond acceptors (Lipinski definition) is 4. The smallest absolute Gasteiger partial charge is 0.271 e. The normalized spacial score (nSPS) is 16.2. The fourth-order valence-corrected chi connectivity index (χ4v) is 3.96. The molecule has 2 aromatic carbocycles. The first-order valence-electron chi connectivity index (χ1n) is 10.9. The molecule has 1 aliphatic heterocycles.